The number of likely N-dealkylation sites (tertiary alicyclic amines) is 1. The molecule has 1 saturated heterocycles. The Morgan fingerprint density at radius 2 is 1.83 bits per heavy atom. The minimum absolute atomic E-state index is 0.115. The number of rotatable bonds is 6. The Bertz CT molecular complexity index is 342. The fraction of sp³-hybridized carbons (Fsp3) is 1.00. The van der Waals surface area contributed by atoms with E-state index >= 15 is 0 Å². The maximum atomic E-state index is 12.3. The average molecular weight is 298 g/mol. The molecule has 1 heterocycles. The zero-order valence-electron chi connectivity index (χ0n) is 11.5. The van der Waals surface area contributed by atoms with E-state index in [1.54, 1.807) is 14.1 Å². The van der Waals surface area contributed by atoms with Crippen LogP contribution in [0.5, 0.6) is 0 Å². The maximum absolute atomic E-state index is 12.3. The van der Waals surface area contributed by atoms with Gasteiger partial charge in [0.15, 0.2) is 0 Å². The summed E-state index contributed by atoms with van der Waals surface area (Å²) in [6.07, 6.45) is 2.48. The van der Waals surface area contributed by atoms with Crippen LogP contribution in [0.2, 0.25) is 0 Å². The van der Waals surface area contributed by atoms with Crippen LogP contribution < -0.4 is 0 Å². The lowest BCUT2D eigenvalue weighted by atomic mass is 10.1. The van der Waals surface area contributed by atoms with Crippen molar-refractivity contribution in [1.29, 1.82) is 0 Å². The van der Waals surface area contributed by atoms with Crippen LogP contribution in [0.4, 0.5) is 0 Å². The quantitative estimate of drug-likeness (QED) is 0.682. The Morgan fingerprint density at radius 3 is 2.33 bits per heavy atom. The molecule has 0 aromatic rings. The minimum atomic E-state index is -3.34. The summed E-state index contributed by atoms with van der Waals surface area (Å²) in [6, 6.07) is 0.115. The van der Waals surface area contributed by atoms with E-state index in [0.29, 0.717) is 18.8 Å². The highest BCUT2D eigenvalue weighted by Gasteiger charge is 2.31. The summed E-state index contributed by atoms with van der Waals surface area (Å²) in [7, 11) is 2.03. The molecular formula is C11H24ClN3O2S. The molecule has 18 heavy (non-hydrogen) atoms. The van der Waals surface area contributed by atoms with E-state index in [0.717, 1.165) is 25.9 Å². The van der Waals surface area contributed by atoms with Gasteiger partial charge < -0.3 is 4.90 Å². The Hall–Kier alpha value is 0.120. The SMILES string of the molecule is CN1CCC(N(C)S(=O)(=O)N(C)CCCCl)CC1. The Balaban J connectivity index is 2.60. The molecule has 0 amide bonds. The number of alkyl halides is 1. The normalized spacial score (nSPS) is 19.9. The fourth-order valence-corrected chi connectivity index (χ4v) is 3.67. The van der Waals surface area contributed by atoms with Gasteiger partial charge in [-0.25, -0.2) is 0 Å². The van der Waals surface area contributed by atoms with Crippen molar-refractivity contribution in [2.45, 2.75) is 25.3 Å². The van der Waals surface area contributed by atoms with Crippen molar-refractivity contribution in [2.75, 3.05) is 46.7 Å². The molecule has 0 aromatic heterocycles. The van der Waals surface area contributed by atoms with Gasteiger partial charge in [0.2, 0.25) is 0 Å². The number of nitrogens with zero attached hydrogens (tertiary/aromatic N) is 3. The molecule has 0 saturated carbocycles. The molecule has 1 fully saturated rings. The molecule has 108 valence electrons. The van der Waals surface area contributed by atoms with Crippen LogP contribution in [0, 0.1) is 0 Å². The van der Waals surface area contributed by atoms with E-state index in [1.165, 1.54) is 8.61 Å². The van der Waals surface area contributed by atoms with Gasteiger partial charge in [-0.2, -0.15) is 17.0 Å². The molecule has 0 unspecified atom stereocenters. The summed E-state index contributed by atoms with van der Waals surface area (Å²) in [5.41, 5.74) is 0. The van der Waals surface area contributed by atoms with Gasteiger partial charge in [-0.1, -0.05) is 0 Å². The fourth-order valence-electron chi connectivity index (χ4n) is 2.16. The molecule has 0 aliphatic carbocycles. The summed E-state index contributed by atoms with van der Waals surface area (Å²) in [5, 5.41) is 0. The number of halogens is 1. The summed E-state index contributed by atoms with van der Waals surface area (Å²) in [5.74, 6) is 0.484. The largest absolute Gasteiger partial charge is 0.306 e. The molecule has 0 spiro atoms. The molecule has 1 rings (SSSR count). The zero-order valence-corrected chi connectivity index (χ0v) is 13.0. The number of hydrogen-bond acceptors (Lipinski definition) is 3. The summed E-state index contributed by atoms with van der Waals surface area (Å²) >= 11 is 5.60. The van der Waals surface area contributed by atoms with Crippen LogP contribution in [0.15, 0.2) is 0 Å². The third-order valence-electron chi connectivity index (χ3n) is 3.57. The third kappa shape index (κ3) is 4.06. The van der Waals surface area contributed by atoms with E-state index in [9.17, 15) is 8.42 Å². The van der Waals surface area contributed by atoms with Gasteiger partial charge in [0.1, 0.15) is 0 Å². The van der Waals surface area contributed by atoms with Crippen molar-refractivity contribution in [3.63, 3.8) is 0 Å². The van der Waals surface area contributed by atoms with Gasteiger partial charge in [-0.05, 0) is 39.4 Å². The van der Waals surface area contributed by atoms with Gasteiger partial charge in [-0.3, -0.25) is 0 Å². The lowest BCUT2D eigenvalue weighted by molar-refractivity contribution is 0.192. The van der Waals surface area contributed by atoms with Gasteiger partial charge >= 0.3 is 0 Å². The average Bonchev–Trinajstić information content (AvgIpc) is 2.35. The first-order chi connectivity index (χ1) is 8.39. The molecular weight excluding hydrogens is 274 g/mol. The van der Waals surface area contributed by atoms with Crippen molar-refractivity contribution in [1.82, 2.24) is 13.5 Å². The topological polar surface area (TPSA) is 43.9 Å². The Labute approximate surface area is 116 Å². The van der Waals surface area contributed by atoms with E-state index in [-0.39, 0.29) is 6.04 Å². The summed E-state index contributed by atoms with van der Waals surface area (Å²) in [6.45, 7) is 2.38. The Morgan fingerprint density at radius 1 is 1.28 bits per heavy atom. The van der Waals surface area contributed by atoms with Crippen molar-refractivity contribution in [3.05, 3.63) is 0 Å². The smallest absolute Gasteiger partial charge is 0.281 e. The first-order valence-electron chi connectivity index (χ1n) is 6.33. The molecule has 5 nitrogen and oxygen atoms in total. The predicted molar refractivity (Wildman–Crippen MR) is 75.2 cm³/mol. The van der Waals surface area contributed by atoms with Crippen LogP contribution in [-0.2, 0) is 10.2 Å². The highest BCUT2D eigenvalue weighted by atomic mass is 35.5. The van der Waals surface area contributed by atoms with E-state index < -0.39 is 10.2 Å². The molecule has 0 atom stereocenters. The molecule has 0 N–H and O–H groups in total. The first kappa shape index (κ1) is 16.2. The van der Waals surface area contributed by atoms with Crippen LogP contribution in [0.3, 0.4) is 0 Å². The number of hydrogen-bond donors (Lipinski definition) is 0. The standard InChI is InChI=1S/C11H24ClN3O2S/c1-13-9-5-11(6-10-13)15(3)18(16,17)14(2)8-4-7-12/h11H,4-10H2,1-3H3. The monoisotopic (exact) mass is 297 g/mol. The second-order valence-electron chi connectivity index (χ2n) is 4.92. The lowest BCUT2D eigenvalue weighted by Gasteiger charge is -2.36. The minimum Gasteiger partial charge on any atom is -0.306 e. The van der Waals surface area contributed by atoms with Gasteiger partial charge in [0.25, 0.3) is 10.2 Å². The van der Waals surface area contributed by atoms with Crippen LogP contribution >= 0.6 is 11.6 Å². The van der Waals surface area contributed by atoms with Crippen molar-refractivity contribution in [3.8, 4) is 0 Å². The summed E-state index contributed by atoms with van der Waals surface area (Å²) < 4.78 is 27.5. The van der Waals surface area contributed by atoms with Crippen molar-refractivity contribution >= 4 is 21.8 Å². The van der Waals surface area contributed by atoms with E-state index in [1.807, 2.05) is 0 Å². The molecule has 1 aliphatic rings. The van der Waals surface area contributed by atoms with Crippen molar-refractivity contribution in [2.24, 2.45) is 0 Å². The highest BCUT2D eigenvalue weighted by Crippen LogP contribution is 2.18. The molecule has 0 aromatic carbocycles. The van der Waals surface area contributed by atoms with Gasteiger partial charge in [-0.15, -0.1) is 11.6 Å². The first-order valence-corrected chi connectivity index (χ1v) is 8.26. The highest BCUT2D eigenvalue weighted by molar-refractivity contribution is 7.86. The van der Waals surface area contributed by atoms with Crippen molar-refractivity contribution < 1.29 is 8.42 Å². The van der Waals surface area contributed by atoms with E-state index in [2.05, 4.69) is 11.9 Å². The molecule has 7 heteroatoms. The molecule has 1 aliphatic heterocycles. The molecule has 0 radical (unpaired) electrons. The Kier molecular flexibility index (Phi) is 6.34. The van der Waals surface area contributed by atoms with Crippen LogP contribution in [-0.4, -0.2) is 74.6 Å². The predicted octanol–water partition coefficient (Wildman–Crippen LogP) is 0.818. The molecule has 0 bridgehead atoms. The van der Waals surface area contributed by atoms with Crippen LogP contribution in [0.25, 0.3) is 0 Å². The lowest BCUT2D eigenvalue weighted by Crippen LogP contribution is -2.49. The second-order valence-corrected chi connectivity index (χ2v) is 7.40. The number of piperidine rings is 1. The third-order valence-corrected chi connectivity index (χ3v) is 5.83. The maximum Gasteiger partial charge on any atom is 0.281 e. The van der Waals surface area contributed by atoms with Gasteiger partial charge in [0.05, 0.1) is 0 Å². The second kappa shape index (κ2) is 7.05. The zero-order chi connectivity index (χ0) is 13.8. The summed E-state index contributed by atoms with van der Waals surface area (Å²) in [4.78, 5) is 2.23. The van der Waals surface area contributed by atoms with Gasteiger partial charge in [0, 0.05) is 32.6 Å². The van der Waals surface area contributed by atoms with Crippen LogP contribution in [0.1, 0.15) is 19.3 Å². The van der Waals surface area contributed by atoms with E-state index in [4.69, 9.17) is 11.6 Å².